The van der Waals surface area contributed by atoms with Crippen molar-refractivity contribution in [1.82, 2.24) is 24.5 Å². The quantitative estimate of drug-likeness (QED) is 0.423. The predicted molar refractivity (Wildman–Crippen MR) is 78.9 cm³/mol. The Morgan fingerprint density at radius 1 is 1.19 bits per heavy atom. The van der Waals surface area contributed by atoms with Crippen molar-refractivity contribution in [2.75, 3.05) is 6.26 Å². The van der Waals surface area contributed by atoms with Gasteiger partial charge in [0.1, 0.15) is 11.5 Å². The number of hydrogen-bond donors (Lipinski definition) is 0. The van der Waals surface area contributed by atoms with Crippen LogP contribution in [0.25, 0.3) is 17.3 Å². The molecule has 3 aromatic rings. The number of nitrogens with zero attached hydrogens (tertiary/aromatic N) is 5. The van der Waals surface area contributed by atoms with E-state index in [4.69, 9.17) is 0 Å². The van der Waals surface area contributed by atoms with Crippen LogP contribution in [-0.2, 0) is 0 Å². The molecule has 0 unspecified atom stereocenters. The van der Waals surface area contributed by atoms with Crippen molar-refractivity contribution in [1.29, 1.82) is 0 Å². The summed E-state index contributed by atoms with van der Waals surface area (Å²) in [6, 6.07) is 6.96. The fourth-order valence-electron chi connectivity index (χ4n) is 1.95. The van der Waals surface area contributed by atoms with Crippen LogP contribution >= 0.6 is 11.8 Å². The highest BCUT2D eigenvalue weighted by Gasteiger charge is 2.12. The Labute approximate surface area is 125 Å². The van der Waals surface area contributed by atoms with Crippen molar-refractivity contribution in [3.8, 4) is 17.3 Å². The first kappa shape index (κ1) is 13.7. The van der Waals surface area contributed by atoms with Gasteiger partial charge in [-0.25, -0.2) is 15.0 Å². The van der Waals surface area contributed by atoms with Crippen LogP contribution in [0.4, 0.5) is 4.39 Å². The average Bonchev–Trinajstić information content (AvgIpc) is 2.96. The van der Waals surface area contributed by atoms with Gasteiger partial charge in [0.05, 0.1) is 0 Å². The first-order valence-corrected chi connectivity index (χ1v) is 7.46. The summed E-state index contributed by atoms with van der Waals surface area (Å²) in [7, 11) is 0. The molecule has 3 aromatic heterocycles. The number of aryl methyl sites for hydroxylation is 1. The molecule has 0 radical (unpaired) electrons. The zero-order chi connectivity index (χ0) is 14.8. The van der Waals surface area contributed by atoms with Gasteiger partial charge in [0.25, 0.3) is 0 Å². The van der Waals surface area contributed by atoms with E-state index in [9.17, 15) is 4.39 Å². The van der Waals surface area contributed by atoms with Gasteiger partial charge in [-0.1, -0.05) is 17.8 Å². The van der Waals surface area contributed by atoms with Crippen LogP contribution in [0.5, 0.6) is 0 Å². The third kappa shape index (κ3) is 2.78. The normalized spacial score (nSPS) is 10.8. The Kier molecular flexibility index (Phi) is 3.66. The molecule has 106 valence electrons. The predicted octanol–water partition coefficient (Wildman–Crippen LogP) is 2.89. The zero-order valence-corrected chi connectivity index (χ0v) is 12.3. The summed E-state index contributed by atoms with van der Waals surface area (Å²) in [5.74, 6) is 0.479. The Balaban J connectivity index is 2.13. The number of imidazole rings is 1. The van der Waals surface area contributed by atoms with Gasteiger partial charge < -0.3 is 0 Å². The maximum atomic E-state index is 13.6. The second kappa shape index (κ2) is 5.61. The number of pyridine rings is 1. The van der Waals surface area contributed by atoms with Crippen LogP contribution in [0.1, 0.15) is 5.69 Å². The molecule has 0 aliphatic rings. The lowest BCUT2D eigenvalue weighted by molar-refractivity contribution is 0.560. The van der Waals surface area contributed by atoms with Gasteiger partial charge in [-0.05, 0) is 25.3 Å². The Morgan fingerprint density at radius 2 is 2.05 bits per heavy atom. The van der Waals surface area contributed by atoms with E-state index in [2.05, 4.69) is 19.9 Å². The Hall–Kier alpha value is -2.28. The number of halogens is 1. The SMILES string of the molecule is CSc1nc(F)cc(-n2ccnc2-c2cccc(C)n2)n1. The van der Waals surface area contributed by atoms with Crippen molar-refractivity contribution in [3.63, 3.8) is 0 Å². The lowest BCUT2D eigenvalue weighted by Gasteiger charge is -2.08. The van der Waals surface area contributed by atoms with Crippen molar-refractivity contribution >= 4 is 11.8 Å². The molecule has 0 spiro atoms. The van der Waals surface area contributed by atoms with Gasteiger partial charge in [0.2, 0.25) is 5.95 Å². The van der Waals surface area contributed by atoms with Crippen LogP contribution in [0.3, 0.4) is 0 Å². The van der Waals surface area contributed by atoms with Gasteiger partial charge >= 0.3 is 0 Å². The molecule has 0 amide bonds. The molecular formula is C14H12FN5S. The molecule has 0 saturated carbocycles. The minimum atomic E-state index is -0.568. The van der Waals surface area contributed by atoms with Crippen LogP contribution in [0.15, 0.2) is 41.8 Å². The van der Waals surface area contributed by atoms with Crippen LogP contribution in [0, 0.1) is 12.9 Å². The molecule has 0 aliphatic heterocycles. The molecule has 0 fully saturated rings. The summed E-state index contributed by atoms with van der Waals surface area (Å²) in [6.45, 7) is 1.91. The highest BCUT2D eigenvalue weighted by Crippen LogP contribution is 2.20. The van der Waals surface area contributed by atoms with Crippen molar-refractivity contribution in [2.24, 2.45) is 0 Å². The van der Waals surface area contributed by atoms with E-state index in [1.807, 2.05) is 25.1 Å². The monoisotopic (exact) mass is 301 g/mol. The van der Waals surface area contributed by atoms with Crippen molar-refractivity contribution < 1.29 is 4.39 Å². The molecule has 0 saturated heterocycles. The fourth-order valence-corrected chi connectivity index (χ4v) is 2.31. The standard InChI is InChI=1S/C14H12FN5S/c1-9-4-3-5-10(17-9)13-16-6-7-20(13)12-8-11(15)18-14(19-12)21-2/h3-8H,1-2H3. The maximum Gasteiger partial charge on any atom is 0.219 e. The van der Waals surface area contributed by atoms with Gasteiger partial charge in [-0.15, -0.1) is 0 Å². The third-order valence-electron chi connectivity index (χ3n) is 2.85. The number of thioether (sulfide) groups is 1. The summed E-state index contributed by atoms with van der Waals surface area (Å²) < 4.78 is 15.3. The number of aromatic nitrogens is 5. The summed E-state index contributed by atoms with van der Waals surface area (Å²) in [4.78, 5) is 16.8. The highest BCUT2D eigenvalue weighted by atomic mass is 32.2. The van der Waals surface area contributed by atoms with Crippen molar-refractivity contribution in [3.05, 3.63) is 48.3 Å². The van der Waals surface area contributed by atoms with E-state index >= 15 is 0 Å². The molecule has 0 bridgehead atoms. The minimum Gasteiger partial charge on any atom is -0.282 e. The van der Waals surface area contributed by atoms with E-state index in [-0.39, 0.29) is 0 Å². The van der Waals surface area contributed by atoms with Gasteiger partial charge in [0.15, 0.2) is 11.0 Å². The Bertz CT molecular complexity index is 787. The molecule has 0 N–H and O–H groups in total. The van der Waals surface area contributed by atoms with E-state index < -0.39 is 5.95 Å². The molecule has 3 rings (SSSR count). The lowest BCUT2D eigenvalue weighted by Crippen LogP contribution is -2.03. The van der Waals surface area contributed by atoms with E-state index in [0.29, 0.717) is 22.5 Å². The van der Waals surface area contributed by atoms with E-state index in [1.165, 1.54) is 17.8 Å². The number of rotatable bonds is 3. The second-order valence-electron chi connectivity index (χ2n) is 4.32. The van der Waals surface area contributed by atoms with Gasteiger partial charge in [-0.3, -0.25) is 4.57 Å². The second-order valence-corrected chi connectivity index (χ2v) is 5.09. The molecule has 0 atom stereocenters. The van der Waals surface area contributed by atoms with Crippen LogP contribution in [0.2, 0.25) is 0 Å². The average molecular weight is 301 g/mol. The van der Waals surface area contributed by atoms with Gasteiger partial charge in [0, 0.05) is 24.2 Å². The first-order valence-electron chi connectivity index (χ1n) is 6.23. The summed E-state index contributed by atoms with van der Waals surface area (Å²) in [5, 5.41) is 0.377. The Morgan fingerprint density at radius 3 is 2.81 bits per heavy atom. The lowest BCUT2D eigenvalue weighted by atomic mass is 10.3. The molecule has 0 aromatic carbocycles. The molecule has 0 aliphatic carbocycles. The molecule has 5 nitrogen and oxygen atoms in total. The van der Waals surface area contributed by atoms with Gasteiger partial charge in [-0.2, -0.15) is 9.37 Å². The summed E-state index contributed by atoms with van der Waals surface area (Å²) in [6.07, 6.45) is 5.17. The molecule has 21 heavy (non-hydrogen) atoms. The molecule has 7 heteroatoms. The smallest absolute Gasteiger partial charge is 0.219 e. The first-order chi connectivity index (χ1) is 10.2. The third-order valence-corrected chi connectivity index (χ3v) is 3.40. The minimum absolute atomic E-state index is 0.377. The number of hydrogen-bond acceptors (Lipinski definition) is 5. The fraction of sp³-hybridized carbons (Fsp3) is 0.143. The highest BCUT2D eigenvalue weighted by molar-refractivity contribution is 7.98. The summed E-state index contributed by atoms with van der Waals surface area (Å²) >= 11 is 1.29. The molecule has 3 heterocycles. The molecular weight excluding hydrogens is 289 g/mol. The van der Waals surface area contributed by atoms with E-state index in [1.54, 1.807) is 23.2 Å². The maximum absolute atomic E-state index is 13.6. The van der Waals surface area contributed by atoms with Crippen LogP contribution < -0.4 is 0 Å². The topological polar surface area (TPSA) is 56.5 Å². The van der Waals surface area contributed by atoms with Crippen LogP contribution in [-0.4, -0.2) is 30.8 Å². The largest absolute Gasteiger partial charge is 0.282 e. The van der Waals surface area contributed by atoms with Crippen molar-refractivity contribution in [2.45, 2.75) is 12.1 Å². The summed E-state index contributed by atoms with van der Waals surface area (Å²) in [5.41, 5.74) is 1.60. The zero-order valence-electron chi connectivity index (χ0n) is 11.5. The van der Waals surface area contributed by atoms with E-state index in [0.717, 1.165) is 5.69 Å².